The number of phenolic OH excluding ortho intramolecular Hbond substituents is 1. The first kappa shape index (κ1) is 11.6. The number of hydrogen-bond acceptors (Lipinski definition) is 1. The fourth-order valence-electron chi connectivity index (χ4n) is 5.45. The Balaban J connectivity index is 1.68. The van der Waals surface area contributed by atoms with E-state index in [-0.39, 0.29) is 0 Å². The van der Waals surface area contributed by atoms with Crippen molar-refractivity contribution >= 4 is 5.57 Å². The first-order chi connectivity index (χ1) is 9.14. The van der Waals surface area contributed by atoms with Crippen molar-refractivity contribution in [2.45, 2.75) is 38.5 Å². The molecule has 0 saturated heterocycles. The van der Waals surface area contributed by atoms with Crippen LogP contribution in [0.1, 0.15) is 44.1 Å². The van der Waals surface area contributed by atoms with Crippen molar-refractivity contribution in [1.82, 2.24) is 0 Å². The average Bonchev–Trinajstić information content (AvgIpc) is 2.37. The fourth-order valence-corrected chi connectivity index (χ4v) is 5.45. The molecule has 0 radical (unpaired) electrons. The molecule has 19 heavy (non-hydrogen) atoms. The van der Waals surface area contributed by atoms with E-state index in [0.717, 1.165) is 17.8 Å². The van der Waals surface area contributed by atoms with Crippen molar-refractivity contribution in [3.8, 4) is 5.75 Å². The van der Waals surface area contributed by atoms with E-state index < -0.39 is 0 Å². The summed E-state index contributed by atoms with van der Waals surface area (Å²) in [6, 6.07) is 7.66. The molecule has 100 valence electrons. The molecule has 0 aliphatic heterocycles. The smallest absolute Gasteiger partial charge is 0.115 e. The van der Waals surface area contributed by atoms with Gasteiger partial charge in [0.2, 0.25) is 0 Å². The van der Waals surface area contributed by atoms with Crippen molar-refractivity contribution < 1.29 is 5.11 Å². The van der Waals surface area contributed by atoms with Crippen molar-refractivity contribution in [2.24, 2.45) is 23.2 Å². The summed E-state index contributed by atoms with van der Waals surface area (Å²) in [5.41, 5.74) is 2.96. The van der Waals surface area contributed by atoms with Gasteiger partial charge in [-0.1, -0.05) is 18.7 Å². The Bertz CT molecular complexity index is 476. The lowest BCUT2D eigenvalue weighted by atomic mass is 9.47. The molecule has 1 aromatic carbocycles. The van der Waals surface area contributed by atoms with Crippen molar-refractivity contribution in [1.29, 1.82) is 0 Å². The lowest BCUT2D eigenvalue weighted by Gasteiger charge is -2.57. The number of allylic oxidation sites excluding steroid dienone is 1. The van der Waals surface area contributed by atoms with Crippen LogP contribution in [0.2, 0.25) is 0 Å². The van der Waals surface area contributed by atoms with Gasteiger partial charge in [0.05, 0.1) is 0 Å². The monoisotopic (exact) mass is 254 g/mol. The van der Waals surface area contributed by atoms with E-state index in [0.29, 0.717) is 11.2 Å². The molecule has 0 spiro atoms. The molecule has 1 aromatic rings. The summed E-state index contributed by atoms with van der Waals surface area (Å²) in [5, 5.41) is 9.44. The summed E-state index contributed by atoms with van der Waals surface area (Å²) >= 11 is 0. The van der Waals surface area contributed by atoms with Gasteiger partial charge in [-0.3, -0.25) is 0 Å². The van der Waals surface area contributed by atoms with Crippen LogP contribution in [0.25, 0.3) is 5.57 Å². The van der Waals surface area contributed by atoms with Crippen LogP contribution < -0.4 is 0 Å². The Morgan fingerprint density at radius 2 is 1.42 bits per heavy atom. The number of aromatic hydroxyl groups is 1. The minimum absolute atomic E-state index is 0.349. The van der Waals surface area contributed by atoms with Crippen molar-refractivity contribution in [3.05, 3.63) is 36.4 Å². The Morgan fingerprint density at radius 1 is 0.947 bits per heavy atom. The predicted molar refractivity (Wildman–Crippen MR) is 77.7 cm³/mol. The van der Waals surface area contributed by atoms with Gasteiger partial charge < -0.3 is 5.11 Å². The maximum atomic E-state index is 9.44. The van der Waals surface area contributed by atoms with E-state index in [2.05, 4.69) is 6.58 Å². The molecule has 4 bridgehead atoms. The van der Waals surface area contributed by atoms with Gasteiger partial charge in [0.15, 0.2) is 0 Å². The van der Waals surface area contributed by atoms with Crippen LogP contribution in [-0.4, -0.2) is 5.11 Å². The number of benzene rings is 1. The number of hydrogen-bond donors (Lipinski definition) is 1. The van der Waals surface area contributed by atoms with Crippen LogP contribution in [0.3, 0.4) is 0 Å². The van der Waals surface area contributed by atoms with E-state index in [1.54, 1.807) is 12.1 Å². The van der Waals surface area contributed by atoms with E-state index in [4.69, 9.17) is 0 Å². The molecule has 4 aliphatic carbocycles. The highest BCUT2D eigenvalue weighted by Crippen LogP contribution is 2.64. The van der Waals surface area contributed by atoms with Gasteiger partial charge in [-0.15, -0.1) is 0 Å². The maximum absolute atomic E-state index is 9.44. The number of rotatable bonds is 2. The topological polar surface area (TPSA) is 20.2 Å². The van der Waals surface area contributed by atoms with E-state index in [1.165, 1.54) is 49.7 Å². The summed E-state index contributed by atoms with van der Waals surface area (Å²) < 4.78 is 0. The standard InChI is InChI=1S/C18H22O/c1-12(16-2-4-17(19)5-3-16)18-9-13-6-14(10-18)8-15(7-13)11-18/h2-5,13-15,19H,1,6-11H2. The van der Waals surface area contributed by atoms with Gasteiger partial charge in [-0.2, -0.15) is 0 Å². The van der Waals surface area contributed by atoms with Crippen LogP contribution in [0, 0.1) is 23.2 Å². The second-order valence-electron chi connectivity index (χ2n) is 7.22. The molecule has 0 amide bonds. The summed E-state index contributed by atoms with van der Waals surface area (Å²) in [4.78, 5) is 0. The van der Waals surface area contributed by atoms with Gasteiger partial charge in [0, 0.05) is 0 Å². The molecule has 0 atom stereocenters. The van der Waals surface area contributed by atoms with E-state index in [9.17, 15) is 5.11 Å². The number of phenols is 1. The molecule has 1 N–H and O–H groups in total. The zero-order chi connectivity index (χ0) is 13.0. The van der Waals surface area contributed by atoms with Crippen LogP contribution in [-0.2, 0) is 0 Å². The van der Waals surface area contributed by atoms with Crippen LogP contribution >= 0.6 is 0 Å². The third-order valence-corrected chi connectivity index (χ3v) is 5.89. The van der Waals surface area contributed by atoms with Crippen LogP contribution in [0.15, 0.2) is 30.8 Å². The van der Waals surface area contributed by atoms with Gasteiger partial charge in [-0.25, -0.2) is 0 Å². The van der Waals surface area contributed by atoms with Crippen LogP contribution in [0.4, 0.5) is 0 Å². The molecule has 0 unspecified atom stereocenters. The zero-order valence-electron chi connectivity index (χ0n) is 11.4. The second-order valence-corrected chi connectivity index (χ2v) is 7.22. The average molecular weight is 254 g/mol. The second kappa shape index (κ2) is 3.88. The molecule has 4 saturated carbocycles. The van der Waals surface area contributed by atoms with E-state index >= 15 is 0 Å². The first-order valence-electron chi connectivity index (χ1n) is 7.63. The SMILES string of the molecule is C=C(c1ccc(O)cc1)C12CC3CC(CC(C3)C1)C2. The lowest BCUT2D eigenvalue weighted by molar-refractivity contribution is -0.0176. The third-order valence-electron chi connectivity index (χ3n) is 5.89. The summed E-state index contributed by atoms with van der Waals surface area (Å²) in [5.74, 6) is 3.22. The Morgan fingerprint density at radius 3 is 1.89 bits per heavy atom. The minimum Gasteiger partial charge on any atom is -0.508 e. The Hall–Kier alpha value is -1.24. The molecular weight excluding hydrogens is 232 g/mol. The highest BCUT2D eigenvalue weighted by molar-refractivity contribution is 5.69. The highest BCUT2D eigenvalue weighted by Gasteiger charge is 2.52. The van der Waals surface area contributed by atoms with E-state index in [1.807, 2.05) is 12.1 Å². The van der Waals surface area contributed by atoms with Crippen molar-refractivity contribution in [3.63, 3.8) is 0 Å². The van der Waals surface area contributed by atoms with Crippen LogP contribution in [0.5, 0.6) is 5.75 Å². The third kappa shape index (κ3) is 1.74. The molecule has 5 rings (SSSR count). The molecule has 1 nitrogen and oxygen atoms in total. The first-order valence-corrected chi connectivity index (χ1v) is 7.63. The Labute approximate surface area is 115 Å². The molecular formula is C18H22O. The minimum atomic E-state index is 0.349. The molecule has 4 fully saturated rings. The quantitative estimate of drug-likeness (QED) is 0.816. The molecule has 1 heteroatoms. The summed E-state index contributed by atoms with van der Waals surface area (Å²) in [7, 11) is 0. The predicted octanol–water partition coefficient (Wildman–Crippen LogP) is 4.62. The van der Waals surface area contributed by atoms with Gasteiger partial charge in [0.1, 0.15) is 5.75 Å². The fraction of sp³-hybridized carbons (Fsp3) is 0.556. The van der Waals surface area contributed by atoms with Gasteiger partial charge >= 0.3 is 0 Å². The zero-order valence-corrected chi connectivity index (χ0v) is 11.4. The molecule has 0 aromatic heterocycles. The van der Waals surface area contributed by atoms with Crippen molar-refractivity contribution in [2.75, 3.05) is 0 Å². The summed E-state index contributed by atoms with van der Waals surface area (Å²) in [6.45, 7) is 4.46. The Kier molecular flexibility index (Phi) is 2.36. The molecule has 4 aliphatic rings. The van der Waals surface area contributed by atoms with Gasteiger partial charge in [-0.05, 0) is 85.0 Å². The maximum Gasteiger partial charge on any atom is 0.115 e. The molecule has 0 heterocycles. The lowest BCUT2D eigenvalue weighted by Crippen LogP contribution is -2.46. The normalized spacial score (nSPS) is 39.5. The highest BCUT2D eigenvalue weighted by atomic mass is 16.3. The van der Waals surface area contributed by atoms with Gasteiger partial charge in [0.25, 0.3) is 0 Å². The summed E-state index contributed by atoms with van der Waals surface area (Å²) in [6.07, 6.45) is 8.50. The largest absolute Gasteiger partial charge is 0.508 e.